The van der Waals surface area contributed by atoms with Crippen molar-refractivity contribution in [3.8, 4) is 17.1 Å². The van der Waals surface area contributed by atoms with Gasteiger partial charge in [0.1, 0.15) is 23.4 Å². The Labute approximate surface area is 216 Å². The number of rotatable bonds is 2. The van der Waals surface area contributed by atoms with E-state index in [-0.39, 0.29) is 40.9 Å². The lowest BCUT2D eigenvalue weighted by atomic mass is 9.94. The molecule has 3 aromatic heterocycles. The highest BCUT2D eigenvalue weighted by molar-refractivity contribution is 6.02. The van der Waals surface area contributed by atoms with E-state index < -0.39 is 41.0 Å². The molecule has 8 nitrogen and oxygen atoms in total. The molecule has 12 heteroatoms. The van der Waals surface area contributed by atoms with Crippen molar-refractivity contribution in [2.24, 2.45) is 5.73 Å². The van der Waals surface area contributed by atoms with Gasteiger partial charge in [-0.3, -0.25) is 0 Å². The van der Waals surface area contributed by atoms with E-state index in [1.54, 1.807) is 13.8 Å². The van der Waals surface area contributed by atoms with Gasteiger partial charge in [0.25, 0.3) is 0 Å². The quantitative estimate of drug-likeness (QED) is 0.423. The van der Waals surface area contributed by atoms with Crippen molar-refractivity contribution in [3.05, 3.63) is 34.4 Å². The van der Waals surface area contributed by atoms with E-state index in [2.05, 4.69) is 20.2 Å². The van der Waals surface area contributed by atoms with Gasteiger partial charge in [-0.2, -0.15) is 13.2 Å². The number of nitrogens with two attached hydrogens (primary N) is 2. The van der Waals surface area contributed by atoms with Crippen LogP contribution in [0.1, 0.15) is 55.2 Å². The second-order valence-corrected chi connectivity index (χ2v) is 10.6. The van der Waals surface area contributed by atoms with Gasteiger partial charge in [-0.05, 0) is 46.6 Å². The van der Waals surface area contributed by atoms with Gasteiger partial charge in [-0.1, -0.05) is 0 Å². The molecular weight excluding hydrogens is 502 g/mol. The molecule has 0 saturated carbocycles. The molecule has 0 aliphatic carbocycles. The Morgan fingerprint density at radius 2 is 1.87 bits per heavy atom. The summed E-state index contributed by atoms with van der Waals surface area (Å²) in [6, 6.07) is 0.620. The summed E-state index contributed by atoms with van der Waals surface area (Å²) in [5, 5.41) is 4.02. The number of pyridine rings is 3. The number of fused-ring (bicyclic) bond motifs is 5. The average Bonchev–Trinajstić information content (AvgIpc) is 3.13. The van der Waals surface area contributed by atoms with E-state index in [0.717, 1.165) is 18.9 Å². The van der Waals surface area contributed by atoms with Crippen LogP contribution < -0.4 is 26.4 Å². The van der Waals surface area contributed by atoms with Gasteiger partial charge in [-0.25, -0.2) is 19.3 Å². The van der Waals surface area contributed by atoms with Crippen LogP contribution in [0.25, 0.3) is 22.0 Å². The molecule has 38 heavy (non-hydrogen) atoms. The molecule has 5 atom stereocenters. The van der Waals surface area contributed by atoms with Crippen LogP contribution in [-0.4, -0.2) is 45.7 Å². The maximum absolute atomic E-state index is 16.7. The van der Waals surface area contributed by atoms with Crippen molar-refractivity contribution in [1.82, 2.24) is 20.3 Å². The molecule has 0 amide bonds. The number of anilines is 2. The second-order valence-electron chi connectivity index (χ2n) is 10.6. The zero-order valence-corrected chi connectivity index (χ0v) is 21.4. The summed E-state index contributed by atoms with van der Waals surface area (Å²) in [5.74, 6) is -0.555. The van der Waals surface area contributed by atoms with Crippen molar-refractivity contribution >= 4 is 22.4 Å². The first-order valence-electron chi connectivity index (χ1n) is 12.7. The molecule has 0 spiro atoms. The molecular formula is C26H29F4N7O. The van der Waals surface area contributed by atoms with E-state index in [1.165, 1.54) is 6.92 Å². The van der Waals surface area contributed by atoms with Gasteiger partial charge in [0, 0.05) is 46.9 Å². The average molecular weight is 532 g/mol. The van der Waals surface area contributed by atoms with Crippen LogP contribution >= 0.6 is 0 Å². The third kappa shape index (κ3) is 3.60. The van der Waals surface area contributed by atoms with Crippen LogP contribution in [-0.2, 0) is 6.18 Å². The van der Waals surface area contributed by atoms with Crippen LogP contribution in [0.2, 0.25) is 0 Å². The Morgan fingerprint density at radius 1 is 1.13 bits per heavy atom. The lowest BCUT2D eigenvalue weighted by Crippen LogP contribution is -2.62. The molecule has 5 N–H and O–H groups in total. The number of halogens is 4. The predicted octanol–water partition coefficient (Wildman–Crippen LogP) is 4.16. The number of aromatic nitrogens is 3. The van der Waals surface area contributed by atoms with Crippen molar-refractivity contribution in [2.75, 3.05) is 17.2 Å². The van der Waals surface area contributed by atoms with Crippen molar-refractivity contribution in [1.29, 1.82) is 0 Å². The number of nitrogens with one attached hydrogen (secondary N) is 1. The number of ether oxygens (including phenoxy) is 1. The van der Waals surface area contributed by atoms with Gasteiger partial charge >= 0.3 is 6.18 Å². The lowest BCUT2D eigenvalue weighted by Gasteiger charge is -2.43. The summed E-state index contributed by atoms with van der Waals surface area (Å²) in [5.41, 5.74) is 10.6. The molecule has 2 bridgehead atoms. The summed E-state index contributed by atoms with van der Waals surface area (Å²) in [6.45, 7) is 7.17. The van der Waals surface area contributed by atoms with E-state index >= 15 is 4.39 Å². The molecule has 6 heterocycles. The van der Waals surface area contributed by atoms with Crippen LogP contribution in [0.5, 0.6) is 5.88 Å². The molecule has 3 aliphatic heterocycles. The smallest absolute Gasteiger partial charge is 0.418 e. The van der Waals surface area contributed by atoms with Crippen molar-refractivity contribution in [3.63, 3.8) is 0 Å². The third-order valence-electron chi connectivity index (χ3n) is 7.99. The monoisotopic (exact) mass is 531 g/mol. The first-order valence-corrected chi connectivity index (χ1v) is 12.7. The Morgan fingerprint density at radius 3 is 2.55 bits per heavy atom. The van der Waals surface area contributed by atoms with Gasteiger partial charge in [-0.15, -0.1) is 0 Å². The van der Waals surface area contributed by atoms with E-state index in [9.17, 15) is 13.2 Å². The lowest BCUT2D eigenvalue weighted by molar-refractivity contribution is -0.137. The molecule has 3 aromatic rings. The number of nitrogens with zero attached hydrogens (tertiary/aromatic N) is 4. The van der Waals surface area contributed by atoms with Crippen LogP contribution in [0, 0.1) is 19.7 Å². The highest BCUT2D eigenvalue weighted by atomic mass is 19.4. The zero-order valence-electron chi connectivity index (χ0n) is 21.4. The molecule has 6 rings (SSSR count). The van der Waals surface area contributed by atoms with E-state index in [4.69, 9.17) is 21.2 Å². The number of alkyl halides is 3. The molecule has 2 fully saturated rings. The number of aryl methyl sites for hydroxylation is 2. The molecule has 0 radical (unpaired) electrons. The van der Waals surface area contributed by atoms with Crippen LogP contribution in [0.3, 0.4) is 0 Å². The largest absolute Gasteiger partial charge is 0.472 e. The summed E-state index contributed by atoms with van der Waals surface area (Å²) in [6.07, 6.45) is -3.26. The highest BCUT2D eigenvalue weighted by Gasteiger charge is 2.47. The minimum absolute atomic E-state index is 0.0275. The second kappa shape index (κ2) is 8.37. The Balaban J connectivity index is 1.72. The fourth-order valence-electron chi connectivity index (χ4n) is 6.62. The number of nitrogen functional groups attached to an aromatic ring is 1. The fourth-order valence-corrected chi connectivity index (χ4v) is 6.62. The Bertz CT molecular complexity index is 1470. The topological polar surface area (TPSA) is 115 Å². The number of hydrogen-bond acceptors (Lipinski definition) is 8. The van der Waals surface area contributed by atoms with Crippen molar-refractivity contribution < 1.29 is 22.3 Å². The van der Waals surface area contributed by atoms with Gasteiger partial charge in [0.2, 0.25) is 5.88 Å². The summed E-state index contributed by atoms with van der Waals surface area (Å²) >= 11 is 0. The zero-order chi connectivity index (χ0) is 27.3. The van der Waals surface area contributed by atoms with Crippen LogP contribution in [0.15, 0.2) is 6.07 Å². The fraction of sp³-hybridized carbons (Fsp3) is 0.500. The summed E-state index contributed by atoms with van der Waals surface area (Å²) in [4.78, 5) is 15.2. The Kier molecular flexibility index (Phi) is 5.52. The molecule has 202 valence electrons. The third-order valence-corrected chi connectivity index (χ3v) is 7.99. The predicted molar refractivity (Wildman–Crippen MR) is 135 cm³/mol. The molecule has 2 saturated heterocycles. The summed E-state index contributed by atoms with van der Waals surface area (Å²) in [7, 11) is 0. The van der Waals surface area contributed by atoms with Crippen LogP contribution in [0.4, 0.5) is 29.2 Å². The maximum Gasteiger partial charge on any atom is 0.418 e. The minimum Gasteiger partial charge on any atom is -0.472 e. The van der Waals surface area contributed by atoms with E-state index in [0.29, 0.717) is 29.0 Å². The van der Waals surface area contributed by atoms with E-state index in [1.807, 2.05) is 6.92 Å². The normalized spacial score (nSPS) is 25.2. The maximum atomic E-state index is 16.7. The highest BCUT2D eigenvalue weighted by Crippen LogP contribution is 2.48. The van der Waals surface area contributed by atoms with Crippen molar-refractivity contribution in [2.45, 2.75) is 77.0 Å². The molecule has 0 aromatic carbocycles. The first kappa shape index (κ1) is 25.1. The Hall–Kier alpha value is -3.25. The minimum atomic E-state index is -4.82. The first-order chi connectivity index (χ1) is 17.9. The number of hydrogen-bond donors (Lipinski definition) is 3. The molecule has 1 unspecified atom stereocenters. The van der Waals surface area contributed by atoms with Gasteiger partial charge in [0.15, 0.2) is 5.82 Å². The van der Waals surface area contributed by atoms with Gasteiger partial charge in [0.05, 0.1) is 22.7 Å². The summed E-state index contributed by atoms with van der Waals surface area (Å²) < 4.78 is 65.7. The standard InChI is InChI=1S/C26H29F4N7O/c1-9(31)17-10(2)34-24-19-18(17)21(27)22(14-7-16(32)33-11(3)20(14)26(28,29)30)36-25(19)38-12(4)23-15-6-5-13(35-15)8-37(23)24/h7,9,12-13,15,23,35H,5-6,8,31H2,1-4H3,(H2,32,33)/t9?,12-,13+,15-,23+/m0/s1. The SMILES string of the molecule is Cc1nc(N)cc(-c2nc3c4c(nc(C)c(C(C)N)c4c2F)N2C[C@H]4CC[C@H](N4)[C@H]2[C@H](C)O3)c1C(F)(F)F. The molecule has 3 aliphatic rings. The number of piperazine rings is 1. The van der Waals surface area contributed by atoms with Gasteiger partial charge < -0.3 is 26.4 Å².